The molecule has 0 aliphatic rings. The van der Waals surface area contributed by atoms with Crippen LogP contribution in [0.3, 0.4) is 0 Å². The fourth-order valence-corrected chi connectivity index (χ4v) is 7.72. The number of hydrogen-bond donors (Lipinski definition) is 3. The van der Waals surface area contributed by atoms with Crippen LogP contribution in [0.1, 0.15) is 239 Å². The zero-order valence-corrected chi connectivity index (χ0v) is 38.8. The molecule has 0 aromatic carbocycles. The molecule has 0 aromatic rings. The van der Waals surface area contributed by atoms with Gasteiger partial charge in [-0.25, -0.2) is 4.57 Å². The first-order chi connectivity index (χ1) is 28.6. The Morgan fingerprint density at radius 3 is 1.24 bits per heavy atom. The van der Waals surface area contributed by atoms with Crippen LogP contribution in [0.2, 0.25) is 0 Å². The van der Waals surface area contributed by atoms with Crippen LogP contribution in [-0.4, -0.2) is 59.9 Å². The van der Waals surface area contributed by atoms with Gasteiger partial charge in [0.2, 0.25) is 0 Å². The average Bonchev–Trinajstić information content (AvgIpc) is 3.21. The lowest BCUT2D eigenvalue weighted by molar-refractivity contribution is -0.161. The third kappa shape index (κ3) is 42.7. The van der Waals surface area contributed by atoms with Crippen molar-refractivity contribution in [1.82, 2.24) is 0 Å². The van der Waals surface area contributed by atoms with Crippen LogP contribution in [0, 0.1) is 0 Å². The molecule has 348 valence electrons. The van der Waals surface area contributed by atoms with Gasteiger partial charge in [0.15, 0.2) is 6.10 Å². The number of carboxylic acid groups (broad SMARTS) is 1. The minimum Gasteiger partial charge on any atom is -0.480 e. The topological polar surface area (TPSA) is 172 Å². The summed E-state index contributed by atoms with van der Waals surface area (Å²) in [6, 6.07) is -1.52. The highest BCUT2D eigenvalue weighted by Crippen LogP contribution is 2.43. The third-order valence-corrected chi connectivity index (χ3v) is 11.7. The molecule has 1 unspecified atom stereocenters. The second-order valence-electron chi connectivity index (χ2n) is 16.6. The number of unbranched alkanes of at least 4 members (excludes halogenated alkanes) is 30. The van der Waals surface area contributed by atoms with Gasteiger partial charge in [-0.1, -0.05) is 199 Å². The Hall–Kier alpha value is -1.78. The summed E-state index contributed by atoms with van der Waals surface area (Å²) in [5.41, 5.74) is 5.34. The first-order valence-corrected chi connectivity index (χ1v) is 25.7. The molecule has 0 aliphatic carbocycles. The Kier molecular flexibility index (Phi) is 41.6. The molecule has 0 fully saturated rings. The van der Waals surface area contributed by atoms with E-state index in [1.165, 1.54) is 154 Å². The van der Waals surface area contributed by atoms with E-state index in [-0.39, 0.29) is 19.4 Å². The number of esters is 2. The maximum Gasteiger partial charge on any atom is 0.472 e. The fraction of sp³-hybridized carbons (Fsp3) is 0.894. The molecule has 0 amide bonds. The van der Waals surface area contributed by atoms with E-state index in [0.717, 1.165) is 44.9 Å². The number of phosphoric ester groups is 1. The maximum absolute atomic E-state index is 12.7. The molecule has 0 spiro atoms. The zero-order valence-electron chi connectivity index (χ0n) is 37.9. The summed E-state index contributed by atoms with van der Waals surface area (Å²) in [7, 11) is -4.71. The Labute approximate surface area is 360 Å². The lowest BCUT2D eigenvalue weighted by atomic mass is 10.0. The number of rotatable bonds is 46. The van der Waals surface area contributed by atoms with Crippen LogP contribution in [0.15, 0.2) is 12.2 Å². The highest BCUT2D eigenvalue weighted by atomic mass is 31.2. The van der Waals surface area contributed by atoms with Crippen LogP contribution < -0.4 is 5.73 Å². The van der Waals surface area contributed by atoms with Crippen LogP contribution in [-0.2, 0) is 37.5 Å². The first kappa shape index (κ1) is 57.2. The van der Waals surface area contributed by atoms with E-state index in [0.29, 0.717) is 12.8 Å². The molecule has 0 saturated heterocycles. The van der Waals surface area contributed by atoms with Gasteiger partial charge in [0, 0.05) is 12.8 Å². The molecular weight excluding hydrogens is 769 g/mol. The van der Waals surface area contributed by atoms with E-state index in [1.54, 1.807) is 0 Å². The van der Waals surface area contributed by atoms with Gasteiger partial charge in [-0.15, -0.1) is 0 Å². The molecule has 4 N–H and O–H groups in total. The number of carbonyl (C=O) groups is 3. The number of hydrogen-bond acceptors (Lipinski definition) is 9. The van der Waals surface area contributed by atoms with Gasteiger partial charge in [-0.2, -0.15) is 0 Å². The molecule has 0 aliphatic heterocycles. The Morgan fingerprint density at radius 1 is 0.508 bits per heavy atom. The monoisotopic (exact) mass is 860 g/mol. The lowest BCUT2D eigenvalue weighted by Gasteiger charge is -2.20. The minimum atomic E-state index is -4.71. The summed E-state index contributed by atoms with van der Waals surface area (Å²) < 4.78 is 32.8. The summed E-state index contributed by atoms with van der Waals surface area (Å²) >= 11 is 0. The van der Waals surface area contributed by atoms with Crippen molar-refractivity contribution >= 4 is 25.7 Å². The normalized spacial score (nSPS) is 13.7. The molecular formula is C47H90NO10P. The highest BCUT2D eigenvalue weighted by molar-refractivity contribution is 7.47. The van der Waals surface area contributed by atoms with Crippen molar-refractivity contribution in [3.8, 4) is 0 Å². The van der Waals surface area contributed by atoms with E-state index < -0.39 is 51.1 Å². The van der Waals surface area contributed by atoms with Crippen molar-refractivity contribution in [2.45, 2.75) is 251 Å². The number of phosphoric acid groups is 1. The SMILES string of the molecule is CCCCCCCC/C=C/CCCCCCCCCC(=O)OC[C@H](COP(=O)(O)OC[C@H](N)C(=O)O)OC(=O)CCCCCCCCCCCCCCCCCCCC. The molecule has 0 aromatic heterocycles. The molecule has 0 rings (SSSR count). The Morgan fingerprint density at radius 2 is 0.847 bits per heavy atom. The number of carbonyl (C=O) groups excluding carboxylic acids is 2. The second-order valence-corrected chi connectivity index (χ2v) is 18.1. The van der Waals surface area contributed by atoms with Crippen molar-refractivity contribution in [1.29, 1.82) is 0 Å². The number of ether oxygens (including phenoxy) is 2. The van der Waals surface area contributed by atoms with E-state index in [4.69, 9.17) is 24.8 Å². The van der Waals surface area contributed by atoms with Gasteiger partial charge in [-0.3, -0.25) is 23.4 Å². The molecule has 11 nitrogen and oxygen atoms in total. The summed E-state index contributed by atoms with van der Waals surface area (Å²) in [5.74, 6) is -2.37. The number of allylic oxidation sites excluding steroid dienone is 2. The minimum absolute atomic E-state index is 0.167. The summed E-state index contributed by atoms with van der Waals surface area (Å²) in [6.07, 6.45) is 44.1. The van der Waals surface area contributed by atoms with Crippen molar-refractivity contribution < 1.29 is 47.5 Å². The summed E-state index contributed by atoms with van der Waals surface area (Å²) in [5, 5.41) is 8.91. The van der Waals surface area contributed by atoms with Gasteiger partial charge in [0.25, 0.3) is 0 Å². The van der Waals surface area contributed by atoms with E-state index in [1.807, 2.05) is 0 Å². The predicted molar refractivity (Wildman–Crippen MR) is 240 cm³/mol. The van der Waals surface area contributed by atoms with E-state index in [2.05, 4.69) is 30.5 Å². The predicted octanol–water partition coefficient (Wildman–Crippen LogP) is 13.2. The second kappa shape index (κ2) is 42.9. The van der Waals surface area contributed by atoms with Crippen LogP contribution in [0.4, 0.5) is 0 Å². The number of carboxylic acids is 1. The fourth-order valence-electron chi connectivity index (χ4n) is 6.94. The van der Waals surface area contributed by atoms with Gasteiger partial charge in [0.1, 0.15) is 12.6 Å². The lowest BCUT2D eigenvalue weighted by Crippen LogP contribution is -2.34. The smallest absolute Gasteiger partial charge is 0.472 e. The van der Waals surface area contributed by atoms with Gasteiger partial charge in [0.05, 0.1) is 13.2 Å². The van der Waals surface area contributed by atoms with Gasteiger partial charge >= 0.3 is 25.7 Å². The molecule has 3 atom stereocenters. The molecule has 0 radical (unpaired) electrons. The first-order valence-electron chi connectivity index (χ1n) is 24.2. The number of aliphatic carboxylic acids is 1. The van der Waals surface area contributed by atoms with Crippen molar-refractivity contribution in [3.63, 3.8) is 0 Å². The number of nitrogens with two attached hydrogens (primary N) is 1. The molecule has 0 bridgehead atoms. The van der Waals surface area contributed by atoms with Crippen LogP contribution in [0.25, 0.3) is 0 Å². The zero-order chi connectivity index (χ0) is 43.5. The third-order valence-electron chi connectivity index (χ3n) is 10.8. The van der Waals surface area contributed by atoms with E-state index in [9.17, 15) is 23.8 Å². The quantitative estimate of drug-likeness (QED) is 0.0230. The van der Waals surface area contributed by atoms with Crippen molar-refractivity contribution in [2.24, 2.45) is 5.73 Å². The highest BCUT2D eigenvalue weighted by Gasteiger charge is 2.28. The molecule has 0 saturated carbocycles. The van der Waals surface area contributed by atoms with Crippen LogP contribution in [0.5, 0.6) is 0 Å². The van der Waals surface area contributed by atoms with Crippen LogP contribution >= 0.6 is 7.82 Å². The summed E-state index contributed by atoms with van der Waals surface area (Å²) in [4.78, 5) is 46.1. The Balaban J connectivity index is 4.26. The average molecular weight is 860 g/mol. The van der Waals surface area contributed by atoms with E-state index >= 15 is 0 Å². The Bertz CT molecular complexity index is 1060. The summed E-state index contributed by atoms with van der Waals surface area (Å²) in [6.45, 7) is 2.84. The van der Waals surface area contributed by atoms with Crippen molar-refractivity contribution in [3.05, 3.63) is 12.2 Å². The maximum atomic E-state index is 12.7. The molecule has 59 heavy (non-hydrogen) atoms. The molecule has 0 heterocycles. The van der Waals surface area contributed by atoms with Gasteiger partial charge in [-0.05, 0) is 38.5 Å². The molecule has 12 heteroatoms. The largest absolute Gasteiger partial charge is 0.480 e. The van der Waals surface area contributed by atoms with Gasteiger partial charge < -0.3 is 25.2 Å². The van der Waals surface area contributed by atoms with Crippen molar-refractivity contribution in [2.75, 3.05) is 19.8 Å². The standard InChI is InChI=1S/C47H90NO10P/c1-3-5-7-9-11-13-15-17-19-21-23-25-27-29-31-33-35-37-39-46(50)58-43(41-56-59(53,54)57-42-44(48)47(51)52)40-55-45(49)38-36-34-32-30-28-26-24-22-20-18-16-14-12-10-8-6-4-2/h18,20,43-44H,3-17,19,21-42,48H2,1-2H3,(H,51,52)(H,53,54)/b20-18+/t43-,44+/m1/s1.